The molecule has 7 heteroatoms. The lowest BCUT2D eigenvalue weighted by atomic mass is 10.0. The normalized spacial score (nSPS) is 15.1. The molecule has 160 valence electrons. The van der Waals surface area contributed by atoms with Crippen molar-refractivity contribution >= 4 is 41.7 Å². The van der Waals surface area contributed by atoms with Crippen LogP contribution in [0, 0.1) is 12.8 Å². The average Bonchev–Trinajstić information content (AvgIpc) is 2.70. The van der Waals surface area contributed by atoms with E-state index in [1.807, 2.05) is 11.8 Å². The topological polar surface area (TPSA) is 54.9 Å². The van der Waals surface area contributed by atoms with Gasteiger partial charge in [0.2, 0.25) is 0 Å². The Kier molecular flexibility index (Phi) is 14.9. The summed E-state index contributed by atoms with van der Waals surface area (Å²) in [5, 5.41) is 6.71. The second-order valence-electron chi connectivity index (χ2n) is 6.83. The minimum absolute atomic E-state index is 0. The lowest BCUT2D eigenvalue weighted by molar-refractivity contribution is 0.0205. The lowest BCUT2D eigenvalue weighted by Crippen LogP contribution is -2.38. The zero-order chi connectivity index (χ0) is 19.2. The molecule has 1 fully saturated rings. The van der Waals surface area contributed by atoms with Gasteiger partial charge in [-0.2, -0.15) is 0 Å². The van der Waals surface area contributed by atoms with Gasteiger partial charge in [0.25, 0.3) is 0 Å². The number of benzene rings is 1. The number of thioether (sulfide) groups is 1. The summed E-state index contributed by atoms with van der Waals surface area (Å²) in [7, 11) is 0. The molecule has 0 aliphatic carbocycles. The van der Waals surface area contributed by atoms with E-state index in [1.165, 1.54) is 10.5 Å². The predicted octanol–water partition coefficient (Wildman–Crippen LogP) is 4.09. The second-order valence-corrected chi connectivity index (χ2v) is 8.00. The van der Waals surface area contributed by atoms with E-state index in [0.717, 1.165) is 77.0 Å². The molecule has 1 aromatic carbocycles. The van der Waals surface area contributed by atoms with Gasteiger partial charge >= 0.3 is 0 Å². The predicted molar refractivity (Wildman–Crippen MR) is 130 cm³/mol. The van der Waals surface area contributed by atoms with Crippen LogP contribution in [0.2, 0.25) is 0 Å². The Labute approximate surface area is 191 Å². The van der Waals surface area contributed by atoms with E-state index < -0.39 is 0 Å². The zero-order valence-electron chi connectivity index (χ0n) is 17.2. The van der Waals surface area contributed by atoms with Crippen molar-refractivity contribution in [2.24, 2.45) is 10.9 Å². The smallest absolute Gasteiger partial charge is 0.191 e. The molecule has 0 saturated carbocycles. The number of nitrogens with zero attached hydrogens (tertiary/aromatic N) is 1. The number of aryl methyl sites for hydroxylation is 1. The third-order valence-corrected chi connectivity index (χ3v) is 5.45. The number of aliphatic imine (C=N–C) groups is 1. The highest BCUT2D eigenvalue weighted by molar-refractivity contribution is 14.0. The molecule has 5 nitrogen and oxygen atoms in total. The molecule has 2 rings (SSSR count). The molecule has 0 bridgehead atoms. The first-order chi connectivity index (χ1) is 13.3. The molecule has 1 aliphatic heterocycles. The van der Waals surface area contributed by atoms with E-state index in [2.05, 4.69) is 53.7 Å². The van der Waals surface area contributed by atoms with Gasteiger partial charge in [-0.05, 0) is 51.2 Å². The number of rotatable bonds is 11. The standard InChI is InChI=1S/C21H35N3O2S.HI/c1-3-22-21(24-12-16-27-20-7-5-18(2)6-8-20)23-11-4-13-26-17-19-9-14-25-15-10-19;/h5-8,19H,3-4,9-17H2,1-2H3,(H2,22,23,24);1H. The van der Waals surface area contributed by atoms with E-state index in [0.29, 0.717) is 5.92 Å². The molecule has 1 saturated heterocycles. The molecule has 0 amide bonds. The highest BCUT2D eigenvalue weighted by Gasteiger charge is 2.13. The van der Waals surface area contributed by atoms with Crippen molar-refractivity contribution in [2.75, 3.05) is 51.8 Å². The molecule has 0 spiro atoms. The monoisotopic (exact) mass is 521 g/mol. The summed E-state index contributed by atoms with van der Waals surface area (Å²) < 4.78 is 11.2. The van der Waals surface area contributed by atoms with E-state index >= 15 is 0 Å². The second kappa shape index (κ2) is 16.3. The summed E-state index contributed by atoms with van der Waals surface area (Å²) in [5.41, 5.74) is 1.30. The van der Waals surface area contributed by atoms with Crippen molar-refractivity contribution in [1.82, 2.24) is 10.6 Å². The van der Waals surface area contributed by atoms with Crippen molar-refractivity contribution in [3.63, 3.8) is 0 Å². The third kappa shape index (κ3) is 11.5. The van der Waals surface area contributed by atoms with Crippen molar-refractivity contribution in [2.45, 2.75) is 38.0 Å². The highest BCUT2D eigenvalue weighted by Crippen LogP contribution is 2.17. The Morgan fingerprint density at radius 1 is 1.21 bits per heavy atom. The van der Waals surface area contributed by atoms with Crippen molar-refractivity contribution in [3.8, 4) is 0 Å². The summed E-state index contributed by atoms with van der Waals surface area (Å²) >= 11 is 1.86. The molecular formula is C21H36IN3O2S. The van der Waals surface area contributed by atoms with E-state index in [9.17, 15) is 0 Å². The van der Waals surface area contributed by atoms with Crippen molar-refractivity contribution in [3.05, 3.63) is 29.8 Å². The van der Waals surface area contributed by atoms with Crippen LogP contribution in [-0.2, 0) is 9.47 Å². The summed E-state index contributed by atoms with van der Waals surface area (Å²) in [6.07, 6.45) is 3.22. The van der Waals surface area contributed by atoms with Gasteiger partial charge in [0, 0.05) is 56.7 Å². The van der Waals surface area contributed by atoms with Crippen LogP contribution in [0.3, 0.4) is 0 Å². The molecule has 0 radical (unpaired) electrons. The highest BCUT2D eigenvalue weighted by atomic mass is 127. The summed E-state index contributed by atoms with van der Waals surface area (Å²) in [5.74, 6) is 2.58. The van der Waals surface area contributed by atoms with Gasteiger partial charge in [-0.25, -0.2) is 0 Å². The number of ether oxygens (including phenoxy) is 2. The van der Waals surface area contributed by atoms with Crippen LogP contribution in [0.15, 0.2) is 34.2 Å². The first-order valence-electron chi connectivity index (χ1n) is 10.1. The third-order valence-electron chi connectivity index (χ3n) is 4.44. The van der Waals surface area contributed by atoms with Gasteiger partial charge in [-0.1, -0.05) is 17.7 Å². The van der Waals surface area contributed by atoms with Crippen LogP contribution in [0.5, 0.6) is 0 Å². The van der Waals surface area contributed by atoms with Gasteiger partial charge in [-0.15, -0.1) is 35.7 Å². The van der Waals surface area contributed by atoms with Crippen LogP contribution in [-0.4, -0.2) is 57.8 Å². The molecule has 0 aromatic heterocycles. The molecule has 1 aromatic rings. The van der Waals surface area contributed by atoms with E-state index in [1.54, 1.807) is 0 Å². The molecular weight excluding hydrogens is 485 g/mol. The zero-order valence-corrected chi connectivity index (χ0v) is 20.4. The van der Waals surface area contributed by atoms with Gasteiger partial charge in [0.05, 0.1) is 0 Å². The average molecular weight is 522 g/mol. The van der Waals surface area contributed by atoms with Gasteiger partial charge in [0.15, 0.2) is 5.96 Å². The quantitative estimate of drug-likeness (QED) is 0.151. The Hall–Kier alpha value is -0.510. The summed E-state index contributed by atoms with van der Waals surface area (Å²) in [6, 6.07) is 8.68. The molecule has 0 unspecified atom stereocenters. The molecule has 1 aliphatic rings. The molecule has 0 atom stereocenters. The lowest BCUT2D eigenvalue weighted by Gasteiger charge is -2.21. The summed E-state index contributed by atoms with van der Waals surface area (Å²) in [4.78, 5) is 5.95. The number of nitrogens with one attached hydrogen (secondary N) is 2. The minimum atomic E-state index is 0. The fourth-order valence-corrected chi connectivity index (χ4v) is 3.60. The Morgan fingerprint density at radius 3 is 2.68 bits per heavy atom. The Bertz CT molecular complexity index is 537. The van der Waals surface area contributed by atoms with Crippen LogP contribution in [0.4, 0.5) is 0 Å². The Morgan fingerprint density at radius 2 is 1.96 bits per heavy atom. The molecule has 1 heterocycles. The first-order valence-corrected chi connectivity index (χ1v) is 11.1. The number of hydrogen-bond acceptors (Lipinski definition) is 4. The van der Waals surface area contributed by atoms with E-state index in [-0.39, 0.29) is 24.0 Å². The largest absolute Gasteiger partial charge is 0.381 e. The SMILES string of the molecule is CCNC(=NCCCOCC1CCOCC1)NCCSc1ccc(C)cc1.I. The maximum atomic E-state index is 5.80. The number of halogens is 1. The van der Waals surface area contributed by atoms with Crippen LogP contribution in [0.25, 0.3) is 0 Å². The maximum absolute atomic E-state index is 5.80. The Balaban J connectivity index is 0.00000392. The number of guanidine groups is 1. The van der Waals surface area contributed by atoms with Crippen molar-refractivity contribution in [1.29, 1.82) is 0 Å². The van der Waals surface area contributed by atoms with Crippen LogP contribution < -0.4 is 10.6 Å². The fourth-order valence-electron chi connectivity index (χ4n) is 2.84. The molecule has 28 heavy (non-hydrogen) atoms. The van der Waals surface area contributed by atoms with Gasteiger partial charge in [0.1, 0.15) is 0 Å². The minimum Gasteiger partial charge on any atom is -0.381 e. The summed E-state index contributed by atoms with van der Waals surface area (Å²) in [6.45, 7) is 10.2. The van der Waals surface area contributed by atoms with Crippen LogP contribution in [0.1, 0.15) is 31.7 Å². The first kappa shape index (κ1) is 25.5. The molecule has 2 N–H and O–H groups in total. The van der Waals surface area contributed by atoms with Gasteiger partial charge in [-0.3, -0.25) is 4.99 Å². The fraction of sp³-hybridized carbons (Fsp3) is 0.667. The maximum Gasteiger partial charge on any atom is 0.191 e. The van der Waals surface area contributed by atoms with Crippen LogP contribution >= 0.6 is 35.7 Å². The van der Waals surface area contributed by atoms with Gasteiger partial charge < -0.3 is 20.1 Å². The van der Waals surface area contributed by atoms with Crippen molar-refractivity contribution < 1.29 is 9.47 Å². The number of hydrogen-bond donors (Lipinski definition) is 2. The van der Waals surface area contributed by atoms with E-state index in [4.69, 9.17) is 9.47 Å².